The molecule has 23 heavy (non-hydrogen) atoms. The number of rotatable bonds is 6. The number of benzene rings is 2. The zero-order valence-corrected chi connectivity index (χ0v) is 13.3. The number of aromatic hydroxyl groups is 1. The van der Waals surface area contributed by atoms with Crippen LogP contribution >= 0.6 is 0 Å². The van der Waals surface area contributed by atoms with Crippen LogP contribution in [0.3, 0.4) is 0 Å². The summed E-state index contributed by atoms with van der Waals surface area (Å²) >= 11 is 0. The van der Waals surface area contributed by atoms with Crippen molar-refractivity contribution in [3.8, 4) is 5.75 Å². The van der Waals surface area contributed by atoms with Gasteiger partial charge in [-0.1, -0.05) is 30.4 Å². The molecular formula is C18H20N2O3. The molecule has 0 unspecified atom stereocenters. The molecule has 0 aromatic heterocycles. The Bertz CT molecular complexity index is 705. The fraction of sp³-hybridized carbons (Fsp3) is 0.222. The van der Waals surface area contributed by atoms with Gasteiger partial charge in [0.15, 0.2) is 5.75 Å². The van der Waals surface area contributed by atoms with Crippen LogP contribution in [0.2, 0.25) is 0 Å². The number of nitro groups is 1. The molecule has 0 fully saturated rings. The van der Waals surface area contributed by atoms with E-state index in [2.05, 4.69) is 30.9 Å². The third-order valence-electron chi connectivity index (χ3n) is 3.69. The first-order chi connectivity index (χ1) is 11.0. The molecular weight excluding hydrogens is 292 g/mol. The Kier molecular flexibility index (Phi) is 5.36. The minimum absolute atomic E-state index is 0.288. The number of nitro benzene ring substituents is 1. The lowest BCUT2D eigenvalue weighted by Crippen LogP contribution is -2.21. The van der Waals surface area contributed by atoms with Crippen LogP contribution in [0.15, 0.2) is 42.5 Å². The van der Waals surface area contributed by atoms with Crippen molar-refractivity contribution in [3.63, 3.8) is 0 Å². The third kappa shape index (κ3) is 4.10. The molecule has 5 nitrogen and oxygen atoms in total. The van der Waals surface area contributed by atoms with Crippen molar-refractivity contribution in [3.05, 3.63) is 63.7 Å². The minimum atomic E-state index is -0.592. The molecule has 0 saturated heterocycles. The summed E-state index contributed by atoms with van der Waals surface area (Å²) in [5.41, 5.74) is 2.57. The Morgan fingerprint density at radius 3 is 2.17 bits per heavy atom. The largest absolute Gasteiger partial charge is 0.502 e. The molecule has 1 N–H and O–H groups in total. The normalized spacial score (nSPS) is 10.9. The molecule has 0 aliphatic rings. The molecule has 2 aromatic rings. The molecule has 2 aromatic carbocycles. The maximum absolute atomic E-state index is 10.8. The Morgan fingerprint density at radius 1 is 1.04 bits per heavy atom. The molecule has 0 spiro atoms. The second kappa shape index (κ2) is 7.45. The average Bonchev–Trinajstić information content (AvgIpc) is 2.56. The third-order valence-corrected chi connectivity index (χ3v) is 3.69. The summed E-state index contributed by atoms with van der Waals surface area (Å²) in [6.07, 6.45) is 3.68. The molecule has 0 amide bonds. The first kappa shape index (κ1) is 16.5. The van der Waals surface area contributed by atoms with E-state index in [1.54, 1.807) is 12.1 Å². The van der Waals surface area contributed by atoms with Gasteiger partial charge in [-0.05, 0) is 43.2 Å². The lowest BCUT2D eigenvalue weighted by Gasteiger charge is -2.20. The van der Waals surface area contributed by atoms with Gasteiger partial charge < -0.3 is 10.0 Å². The van der Waals surface area contributed by atoms with Crippen LogP contribution in [-0.2, 0) is 0 Å². The maximum atomic E-state index is 10.8. The molecule has 2 rings (SSSR count). The SMILES string of the molecule is CCN(CC)c1ccc(/C=C/c2ccc(O)c([N+](=O)[O-])c2)cc1. The second-order valence-electron chi connectivity index (χ2n) is 5.10. The lowest BCUT2D eigenvalue weighted by atomic mass is 10.1. The van der Waals surface area contributed by atoms with E-state index in [4.69, 9.17) is 0 Å². The van der Waals surface area contributed by atoms with E-state index in [9.17, 15) is 15.2 Å². The van der Waals surface area contributed by atoms with E-state index in [1.165, 1.54) is 17.8 Å². The zero-order chi connectivity index (χ0) is 16.8. The highest BCUT2D eigenvalue weighted by atomic mass is 16.6. The highest BCUT2D eigenvalue weighted by Gasteiger charge is 2.12. The molecule has 120 valence electrons. The lowest BCUT2D eigenvalue weighted by molar-refractivity contribution is -0.385. The van der Waals surface area contributed by atoms with E-state index < -0.39 is 4.92 Å². The predicted molar refractivity (Wildman–Crippen MR) is 93.7 cm³/mol. The van der Waals surface area contributed by atoms with Crippen LogP contribution in [0, 0.1) is 10.1 Å². The first-order valence-corrected chi connectivity index (χ1v) is 7.55. The highest BCUT2D eigenvalue weighted by molar-refractivity contribution is 5.72. The summed E-state index contributed by atoms with van der Waals surface area (Å²) in [5, 5.41) is 20.3. The second-order valence-corrected chi connectivity index (χ2v) is 5.10. The molecule has 0 saturated carbocycles. The van der Waals surface area contributed by atoms with Gasteiger partial charge in [0.25, 0.3) is 0 Å². The zero-order valence-electron chi connectivity index (χ0n) is 13.3. The van der Waals surface area contributed by atoms with Gasteiger partial charge in [-0.15, -0.1) is 0 Å². The topological polar surface area (TPSA) is 66.6 Å². The summed E-state index contributed by atoms with van der Waals surface area (Å²) in [6.45, 7) is 6.16. The highest BCUT2D eigenvalue weighted by Crippen LogP contribution is 2.27. The van der Waals surface area contributed by atoms with Crippen molar-refractivity contribution in [1.82, 2.24) is 0 Å². The van der Waals surface area contributed by atoms with Crippen LogP contribution < -0.4 is 4.90 Å². The van der Waals surface area contributed by atoms with Gasteiger partial charge >= 0.3 is 5.69 Å². The van der Waals surface area contributed by atoms with E-state index in [0.29, 0.717) is 5.56 Å². The van der Waals surface area contributed by atoms with Crippen molar-refractivity contribution in [1.29, 1.82) is 0 Å². The number of phenolic OH excluding ortho intramolecular Hbond substituents is 1. The van der Waals surface area contributed by atoms with Gasteiger partial charge in [0.1, 0.15) is 0 Å². The summed E-state index contributed by atoms with van der Waals surface area (Å²) < 4.78 is 0. The van der Waals surface area contributed by atoms with Gasteiger partial charge in [-0.25, -0.2) is 0 Å². The molecule has 0 atom stereocenters. The van der Waals surface area contributed by atoms with Gasteiger partial charge in [-0.2, -0.15) is 0 Å². The van der Waals surface area contributed by atoms with Gasteiger partial charge in [0.05, 0.1) is 4.92 Å². The summed E-state index contributed by atoms with van der Waals surface area (Å²) in [4.78, 5) is 12.5. The van der Waals surface area contributed by atoms with Crippen molar-refractivity contribution < 1.29 is 10.0 Å². The van der Waals surface area contributed by atoms with E-state index >= 15 is 0 Å². The van der Waals surface area contributed by atoms with Crippen LogP contribution in [0.5, 0.6) is 5.75 Å². The maximum Gasteiger partial charge on any atom is 0.311 e. The Morgan fingerprint density at radius 2 is 1.61 bits per heavy atom. The van der Waals surface area contributed by atoms with Crippen LogP contribution in [0.4, 0.5) is 11.4 Å². The van der Waals surface area contributed by atoms with Crippen molar-refractivity contribution >= 4 is 23.5 Å². The Balaban J connectivity index is 2.17. The fourth-order valence-corrected chi connectivity index (χ4v) is 2.37. The number of anilines is 1. The number of phenols is 1. The smallest absolute Gasteiger partial charge is 0.311 e. The Labute approximate surface area is 135 Å². The number of nitrogens with zero attached hydrogens (tertiary/aromatic N) is 2. The average molecular weight is 312 g/mol. The van der Waals surface area contributed by atoms with Crippen molar-refractivity contribution in [2.75, 3.05) is 18.0 Å². The van der Waals surface area contributed by atoms with Gasteiger partial charge in [0.2, 0.25) is 0 Å². The molecule has 0 aliphatic heterocycles. The molecule has 5 heteroatoms. The standard InChI is InChI=1S/C18H20N2O3/c1-3-19(4-2)16-10-7-14(8-11-16)5-6-15-9-12-18(21)17(13-15)20(22)23/h5-13,21H,3-4H2,1-2H3/b6-5+. The summed E-state index contributed by atoms with van der Waals surface area (Å²) in [7, 11) is 0. The number of hydrogen-bond donors (Lipinski definition) is 1. The van der Waals surface area contributed by atoms with Crippen LogP contribution in [0.25, 0.3) is 12.2 Å². The Hall–Kier alpha value is -2.82. The molecule has 0 bridgehead atoms. The predicted octanol–water partition coefficient (Wildman–Crippen LogP) is 4.32. The minimum Gasteiger partial charge on any atom is -0.502 e. The van der Waals surface area contributed by atoms with E-state index in [0.717, 1.165) is 18.7 Å². The van der Waals surface area contributed by atoms with E-state index in [1.807, 2.05) is 18.2 Å². The molecule has 0 radical (unpaired) electrons. The summed E-state index contributed by atoms with van der Waals surface area (Å²) in [5.74, 6) is -0.323. The quantitative estimate of drug-likeness (QED) is 0.490. The summed E-state index contributed by atoms with van der Waals surface area (Å²) in [6, 6.07) is 12.5. The van der Waals surface area contributed by atoms with Crippen molar-refractivity contribution in [2.45, 2.75) is 13.8 Å². The van der Waals surface area contributed by atoms with Crippen LogP contribution in [0.1, 0.15) is 25.0 Å². The first-order valence-electron chi connectivity index (χ1n) is 7.55. The molecule has 0 aliphatic carbocycles. The monoisotopic (exact) mass is 312 g/mol. The van der Waals surface area contributed by atoms with E-state index in [-0.39, 0.29) is 11.4 Å². The molecule has 0 heterocycles. The van der Waals surface area contributed by atoms with Gasteiger partial charge in [0, 0.05) is 24.8 Å². The van der Waals surface area contributed by atoms with Gasteiger partial charge in [-0.3, -0.25) is 10.1 Å². The number of hydrogen-bond acceptors (Lipinski definition) is 4. The van der Waals surface area contributed by atoms with Crippen LogP contribution in [-0.4, -0.2) is 23.1 Å². The fourth-order valence-electron chi connectivity index (χ4n) is 2.37. The van der Waals surface area contributed by atoms with Crippen molar-refractivity contribution in [2.24, 2.45) is 0 Å².